The highest BCUT2D eigenvalue weighted by atomic mass is 127. The van der Waals surface area contributed by atoms with E-state index < -0.39 is 0 Å². The zero-order valence-corrected chi connectivity index (χ0v) is 18.8. The third-order valence-corrected chi connectivity index (χ3v) is 4.67. The molecule has 3 aromatic rings. The number of hydrogen-bond acceptors (Lipinski definition) is 5. The summed E-state index contributed by atoms with van der Waals surface area (Å²) in [4.78, 5) is 11.0. The number of rotatable bonds is 4. The van der Waals surface area contributed by atoms with Crippen molar-refractivity contribution in [1.29, 1.82) is 0 Å². The van der Waals surface area contributed by atoms with Gasteiger partial charge < -0.3 is 15.0 Å². The van der Waals surface area contributed by atoms with Crippen LogP contribution < -0.4 is 5.32 Å². The summed E-state index contributed by atoms with van der Waals surface area (Å²) in [7, 11) is 3.72. The smallest absolute Gasteiger partial charge is 0.194 e. The van der Waals surface area contributed by atoms with Crippen molar-refractivity contribution in [2.45, 2.75) is 12.6 Å². The third kappa shape index (κ3) is 5.12. The Morgan fingerprint density at radius 2 is 2.24 bits per heavy atom. The summed E-state index contributed by atoms with van der Waals surface area (Å²) in [5, 5.41) is 11.9. The van der Waals surface area contributed by atoms with Crippen LogP contribution in [0.4, 0.5) is 0 Å². The normalized spacial score (nSPS) is 17.1. The van der Waals surface area contributed by atoms with E-state index in [1.165, 1.54) is 0 Å². The Labute approximate surface area is 186 Å². The summed E-state index contributed by atoms with van der Waals surface area (Å²) in [6.07, 6.45) is 9.27. The maximum atomic E-state index is 5.93. The number of guanidine groups is 1. The molecule has 29 heavy (non-hydrogen) atoms. The Morgan fingerprint density at radius 3 is 2.97 bits per heavy atom. The summed E-state index contributed by atoms with van der Waals surface area (Å²) in [5.74, 6) is 1.65. The van der Waals surface area contributed by atoms with Crippen LogP contribution in [0, 0.1) is 0 Å². The van der Waals surface area contributed by atoms with Gasteiger partial charge in [-0.15, -0.1) is 24.0 Å². The molecular weight excluding hydrogens is 483 g/mol. The van der Waals surface area contributed by atoms with Crippen LogP contribution in [0.3, 0.4) is 0 Å². The average Bonchev–Trinajstić information content (AvgIpc) is 3.41. The molecule has 0 amide bonds. The van der Waals surface area contributed by atoms with Gasteiger partial charge in [0.2, 0.25) is 0 Å². The zero-order chi connectivity index (χ0) is 19.3. The molecule has 1 aliphatic heterocycles. The van der Waals surface area contributed by atoms with Gasteiger partial charge in [0.15, 0.2) is 11.8 Å². The number of ether oxygens (including phenoxy) is 1. The molecule has 0 saturated carbocycles. The van der Waals surface area contributed by atoms with Crippen LogP contribution in [-0.4, -0.2) is 62.1 Å². The van der Waals surface area contributed by atoms with E-state index in [-0.39, 0.29) is 30.1 Å². The standard InChI is InChI=1S/C19H24N8O.HI/c1-20-19(26-8-9-28-17(14-26)16-12-24-25(2)13-16)22-11-15-4-6-21-18(10-15)27-7-3-5-23-27;/h3-7,10,12-13,17H,8-9,11,14H2,1-2H3,(H,20,22);1H. The molecule has 4 heterocycles. The largest absolute Gasteiger partial charge is 0.370 e. The van der Waals surface area contributed by atoms with Crippen molar-refractivity contribution in [3.8, 4) is 5.82 Å². The second-order valence-corrected chi connectivity index (χ2v) is 6.63. The Bertz CT molecular complexity index is 939. The number of aromatic nitrogens is 5. The highest BCUT2D eigenvalue weighted by molar-refractivity contribution is 14.0. The van der Waals surface area contributed by atoms with Crippen LogP contribution in [0.25, 0.3) is 5.82 Å². The fourth-order valence-electron chi connectivity index (χ4n) is 3.26. The minimum Gasteiger partial charge on any atom is -0.370 e. The van der Waals surface area contributed by atoms with E-state index in [4.69, 9.17) is 4.74 Å². The molecule has 154 valence electrons. The average molecular weight is 508 g/mol. The van der Waals surface area contributed by atoms with Crippen molar-refractivity contribution < 1.29 is 4.74 Å². The molecule has 9 nitrogen and oxygen atoms in total. The lowest BCUT2D eigenvalue weighted by Gasteiger charge is -2.34. The number of hydrogen-bond donors (Lipinski definition) is 1. The molecule has 0 spiro atoms. The molecule has 1 fully saturated rings. The molecule has 0 aromatic carbocycles. The number of nitrogens with zero attached hydrogens (tertiary/aromatic N) is 7. The van der Waals surface area contributed by atoms with Gasteiger partial charge in [-0.3, -0.25) is 9.67 Å². The van der Waals surface area contributed by atoms with Crippen LogP contribution in [0.2, 0.25) is 0 Å². The number of morpholine rings is 1. The van der Waals surface area contributed by atoms with Crippen molar-refractivity contribution in [2.75, 3.05) is 26.7 Å². The predicted molar refractivity (Wildman–Crippen MR) is 120 cm³/mol. The summed E-state index contributed by atoms with van der Waals surface area (Å²) in [6.45, 7) is 2.84. The molecule has 0 radical (unpaired) electrons. The molecule has 1 unspecified atom stereocenters. The highest BCUT2D eigenvalue weighted by Gasteiger charge is 2.25. The van der Waals surface area contributed by atoms with Gasteiger partial charge in [-0.1, -0.05) is 0 Å². The fourth-order valence-corrected chi connectivity index (χ4v) is 3.26. The van der Waals surface area contributed by atoms with Gasteiger partial charge in [0.05, 0.1) is 19.3 Å². The summed E-state index contributed by atoms with van der Waals surface area (Å²) in [5.41, 5.74) is 2.19. The first-order valence-electron chi connectivity index (χ1n) is 9.23. The number of aliphatic imine (C=N–C) groups is 1. The van der Waals surface area contributed by atoms with E-state index in [1.807, 2.05) is 43.8 Å². The lowest BCUT2D eigenvalue weighted by atomic mass is 10.1. The molecular formula is C19H25IN8O. The Balaban J connectivity index is 0.00000240. The van der Waals surface area contributed by atoms with E-state index in [0.29, 0.717) is 13.2 Å². The topological polar surface area (TPSA) is 85.4 Å². The van der Waals surface area contributed by atoms with E-state index >= 15 is 0 Å². The first kappa shape index (κ1) is 21.2. The Hall–Kier alpha value is -2.47. The van der Waals surface area contributed by atoms with Crippen LogP contribution in [-0.2, 0) is 18.3 Å². The lowest BCUT2D eigenvalue weighted by molar-refractivity contribution is -0.00805. The van der Waals surface area contributed by atoms with Gasteiger partial charge in [0.25, 0.3) is 0 Å². The fraction of sp³-hybridized carbons (Fsp3) is 0.368. The van der Waals surface area contributed by atoms with E-state index in [1.54, 1.807) is 28.8 Å². The van der Waals surface area contributed by atoms with Crippen LogP contribution >= 0.6 is 24.0 Å². The zero-order valence-electron chi connectivity index (χ0n) is 16.5. The molecule has 1 N–H and O–H groups in total. The van der Waals surface area contributed by atoms with Crippen LogP contribution in [0.1, 0.15) is 17.2 Å². The van der Waals surface area contributed by atoms with E-state index in [9.17, 15) is 0 Å². The summed E-state index contributed by atoms with van der Waals surface area (Å²) in [6, 6.07) is 5.89. The molecule has 1 saturated heterocycles. The Morgan fingerprint density at radius 1 is 1.34 bits per heavy atom. The quantitative estimate of drug-likeness (QED) is 0.329. The first-order chi connectivity index (χ1) is 13.7. The maximum Gasteiger partial charge on any atom is 0.194 e. The van der Waals surface area contributed by atoms with E-state index in [2.05, 4.69) is 30.4 Å². The van der Waals surface area contributed by atoms with Crippen molar-refractivity contribution in [3.63, 3.8) is 0 Å². The summed E-state index contributed by atoms with van der Waals surface area (Å²) < 4.78 is 9.47. The lowest BCUT2D eigenvalue weighted by Crippen LogP contribution is -2.47. The van der Waals surface area contributed by atoms with Gasteiger partial charge in [-0.25, -0.2) is 9.67 Å². The number of halogens is 1. The van der Waals surface area contributed by atoms with Gasteiger partial charge in [-0.2, -0.15) is 10.2 Å². The molecule has 1 atom stereocenters. The number of nitrogens with one attached hydrogen (secondary N) is 1. The minimum absolute atomic E-state index is 0. The number of pyridine rings is 1. The van der Waals surface area contributed by atoms with Crippen LogP contribution in [0.15, 0.2) is 54.2 Å². The maximum absolute atomic E-state index is 5.93. The molecule has 4 rings (SSSR count). The van der Waals surface area contributed by atoms with E-state index in [0.717, 1.165) is 36.0 Å². The van der Waals surface area contributed by atoms with Crippen molar-refractivity contribution in [1.82, 2.24) is 34.8 Å². The second kappa shape index (κ2) is 9.83. The monoisotopic (exact) mass is 508 g/mol. The van der Waals surface area contributed by atoms with Gasteiger partial charge in [0, 0.05) is 57.5 Å². The van der Waals surface area contributed by atoms with Gasteiger partial charge in [-0.05, 0) is 23.8 Å². The van der Waals surface area contributed by atoms with Crippen LogP contribution in [0.5, 0.6) is 0 Å². The van der Waals surface area contributed by atoms with Gasteiger partial charge >= 0.3 is 0 Å². The van der Waals surface area contributed by atoms with Crippen molar-refractivity contribution >= 4 is 29.9 Å². The number of aryl methyl sites for hydroxylation is 1. The Kier molecular flexibility index (Phi) is 7.20. The van der Waals surface area contributed by atoms with Crippen molar-refractivity contribution in [2.24, 2.45) is 12.0 Å². The first-order valence-corrected chi connectivity index (χ1v) is 9.23. The highest BCUT2D eigenvalue weighted by Crippen LogP contribution is 2.21. The third-order valence-electron chi connectivity index (χ3n) is 4.67. The molecule has 0 bridgehead atoms. The second-order valence-electron chi connectivity index (χ2n) is 6.63. The predicted octanol–water partition coefficient (Wildman–Crippen LogP) is 1.77. The molecule has 1 aliphatic rings. The van der Waals surface area contributed by atoms with Gasteiger partial charge in [0.1, 0.15) is 6.10 Å². The summed E-state index contributed by atoms with van der Waals surface area (Å²) >= 11 is 0. The van der Waals surface area contributed by atoms with Crippen molar-refractivity contribution in [3.05, 3.63) is 60.3 Å². The molecule has 10 heteroatoms. The SMILES string of the molecule is CN=C(NCc1ccnc(-n2cccn2)c1)N1CCOC(c2cnn(C)c2)C1.I. The minimum atomic E-state index is -0.00616. The molecule has 3 aromatic heterocycles. The molecule has 0 aliphatic carbocycles.